The van der Waals surface area contributed by atoms with Crippen LogP contribution in [0.2, 0.25) is 5.15 Å². The molecule has 0 unspecified atom stereocenters. The summed E-state index contributed by atoms with van der Waals surface area (Å²) >= 11 is 5.93. The maximum absolute atomic E-state index is 13.6. The van der Waals surface area contributed by atoms with Gasteiger partial charge in [-0.05, 0) is 188 Å². The average Bonchev–Trinajstić information content (AvgIpc) is 0.789. The Morgan fingerprint density at radius 2 is 0.805 bits per heavy atom. The zero-order valence-electron chi connectivity index (χ0n) is 63.8. The number of pyridine rings is 3. The van der Waals surface area contributed by atoms with Crippen molar-refractivity contribution in [1.29, 1.82) is 0 Å². The normalized spacial score (nSPS) is 19.7. The maximum Gasteiger partial charge on any atom is 0.261 e. The number of fused-ring (bicyclic) bond motifs is 9. The Bertz CT molecular complexity index is 5620. The highest BCUT2D eigenvalue weighted by Gasteiger charge is 2.30. The molecule has 15 aromatic rings. The Labute approximate surface area is 659 Å². The van der Waals surface area contributed by atoms with Gasteiger partial charge in [0.2, 0.25) is 0 Å². The van der Waals surface area contributed by atoms with Gasteiger partial charge in [-0.2, -0.15) is 15.3 Å². The molecule has 4 fully saturated rings. The van der Waals surface area contributed by atoms with E-state index in [0.29, 0.717) is 57.1 Å². The van der Waals surface area contributed by atoms with Gasteiger partial charge in [0.1, 0.15) is 5.15 Å². The maximum atomic E-state index is 13.6. The molecule has 23 heteroatoms. The number of nitrogens with zero attached hydrogens (tertiary/aromatic N) is 14. The number of H-pyrrole nitrogens is 1. The third kappa shape index (κ3) is 17.4. The molecule has 4 saturated carbocycles. The van der Waals surface area contributed by atoms with Crippen molar-refractivity contribution in [2.75, 3.05) is 7.05 Å². The summed E-state index contributed by atoms with van der Waals surface area (Å²) in [5.41, 5.74) is 8.12. The van der Waals surface area contributed by atoms with Crippen molar-refractivity contribution < 1.29 is 15.3 Å². The summed E-state index contributed by atoms with van der Waals surface area (Å²) in [7, 11) is 2.10. The van der Waals surface area contributed by atoms with E-state index in [-0.39, 0.29) is 34.8 Å². The number of nitrogens with one attached hydrogen (secondary N) is 2. The lowest BCUT2D eigenvalue weighted by Gasteiger charge is -2.30. The van der Waals surface area contributed by atoms with E-state index in [1.165, 1.54) is 32.1 Å². The summed E-state index contributed by atoms with van der Waals surface area (Å²) < 4.78 is 8.37. The number of rotatable bonds is 13. The lowest BCUT2D eigenvalue weighted by atomic mass is 9.83. The van der Waals surface area contributed by atoms with Crippen molar-refractivity contribution >= 4 is 76.6 Å². The number of aromatic nitrogens is 15. The first-order valence-corrected chi connectivity index (χ1v) is 40.2. The van der Waals surface area contributed by atoms with Crippen LogP contribution in [0.4, 0.5) is 0 Å². The van der Waals surface area contributed by atoms with Gasteiger partial charge in [0.05, 0.1) is 88.1 Å². The van der Waals surface area contributed by atoms with Crippen molar-refractivity contribution in [3.63, 3.8) is 0 Å². The second-order valence-corrected chi connectivity index (χ2v) is 30.5. The second kappa shape index (κ2) is 36.0. The molecule has 113 heavy (non-hydrogen) atoms. The zero-order valence-corrected chi connectivity index (χ0v) is 64.5. The van der Waals surface area contributed by atoms with Crippen LogP contribution in [-0.4, -0.2) is 120 Å². The zero-order chi connectivity index (χ0) is 77.7. The topological polar surface area (TPSA) is 280 Å². The molecule has 4 aliphatic carbocycles. The van der Waals surface area contributed by atoms with E-state index < -0.39 is 18.3 Å². The van der Waals surface area contributed by atoms with Gasteiger partial charge < -0.3 is 20.6 Å². The van der Waals surface area contributed by atoms with Gasteiger partial charge in [0.15, 0.2) is 11.6 Å². The fraction of sp³-hybridized carbons (Fsp3) is 0.333. The van der Waals surface area contributed by atoms with E-state index in [9.17, 15) is 29.7 Å². The van der Waals surface area contributed by atoms with E-state index in [1.807, 2.05) is 146 Å². The quantitative estimate of drug-likeness (QED) is 0.0530. The molecule has 0 bridgehead atoms. The monoisotopic (exact) mass is 1530 g/mol. The molecule has 8 atom stereocenters. The summed E-state index contributed by atoms with van der Waals surface area (Å²) in [5, 5.41) is 57.9. The molecule has 0 spiro atoms. The van der Waals surface area contributed by atoms with E-state index in [4.69, 9.17) is 21.6 Å². The number of aromatic amines is 1. The number of halogens is 1. The Balaban J connectivity index is 0.000000122. The van der Waals surface area contributed by atoms with Crippen LogP contribution >= 0.6 is 11.6 Å². The van der Waals surface area contributed by atoms with Gasteiger partial charge in [0, 0.05) is 78.0 Å². The number of aliphatic hydroxyl groups excluding tert-OH is 3. The first-order valence-electron chi connectivity index (χ1n) is 39.8. The smallest absolute Gasteiger partial charge is 0.261 e. The third-order valence-corrected chi connectivity index (χ3v) is 23.3. The van der Waals surface area contributed by atoms with Crippen LogP contribution in [0.1, 0.15) is 168 Å². The van der Waals surface area contributed by atoms with E-state index >= 15 is 0 Å². The molecule has 0 amide bonds. The molecule has 5 N–H and O–H groups in total. The van der Waals surface area contributed by atoms with Crippen molar-refractivity contribution in [2.24, 2.45) is 5.92 Å². The molecule has 0 aliphatic heterocycles. The molecule has 0 radical (unpaired) electrons. The van der Waals surface area contributed by atoms with E-state index in [2.05, 4.69) is 77.8 Å². The summed E-state index contributed by atoms with van der Waals surface area (Å²) in [6.07, 6.45) is 39.0. The highest BCUT2D eigenvalue weighted by atomic mass is 35.5. The number of hydrogen-bond donors (Lipinski definition) is 5. The van der Waals surface area contributed by atoms with Crippen LogP contribution in [0.3, 0.4) is 0 Å². The number of hydrogen-bond acceptors (Lipinski definition) is 16. The summed E-state index contributed by atoms with van der Waals surface area (Å²) in [6, 6.07) is 47.6. The van der Waals surface area contributed by atoms with Crippen LogP contribution < -0.4 is 22.0 Å². The van der Waals surface area contributed by atoms with E-state index in [1.54, 1.807) is 79.1 Å². The summed E-state index contributed by atoms with van der Waals surface area (Å²) in [4.78, 5) is 68.0. The number of benzene rings is 6. The molecule has 578 valence electrons. The van der Waals surface area contributed by atoms with Crippen LogP contribution in [-0.2, 0) is 19.3 Å². The molecule has 22 nitrogen and oxygen atoms in total. The summed E-state index contributed by atoms with van der Waals surface area (Å²) in [5.74, 6) is 2.48. The van der Waals surface area contributed by atoms with Gasteiger partial charge >= 0.3 is 0 Å². The standard InChI is InChI=1S/2C27H25N5O2.C24H22ClN3O2.C9H19N.C3H4N2/c2*33-24-9-4-3-8-23(24)31-17-29-26-21-7-2-1-6-20(21)19(15-22(26)27(31)34)14-18-10-11-25(28-16-18)32-13-5-12-30-32;25-22-10-9-15(13-26-22)11-16-12-19-23(18-6-2-1-5-17(16)18)27-14-28(24(19)30)20-7-3-4-8-21(20)29;1-3-8-6-4-5-7-9(8)10-2;1-2-4-5-3-1/h2*1-2,5-7,10-13,15-17,23-24,33H,3-4,8-9,14H2;1-2,5-6,9-10,12-14,20-21,29H,3-4,7-8,11H2;8-10H,3-7H2,1-2H3;1-3H,(H,4,5)/t2*23-,24-;20-,21-;8-,9-;/m0001./s1. The van der Waals surface area contributed by atoms with Crippen molar-refractivity contribution in [2.45, 2.75) is 178 Å². The lowest BCUT2D eigenvalue weighted by Crippen LogP contribution is -2.35. The molecular formula is C90H95ClN16O6. The minimum absolute atomic E-state index is 0.0879. The van der Waals surface area contributed by atoms with Gasteiger partial charge in [-0.1, -0.05) is 167 Å². The molecule has 4 aliphatic rings. The van der Waals surface area contributed by atoms with Gasteiger partial charge in [-0.15, -0.1) is 0 Å². The highest BCUT2D eigenvalue weighted by Crippen LogP contribution is 2.36. The highest BCUT2D eigenvalue weighted by molar-refractivity contribution is 6.29. The SMILES string of the molecule is CC[C@@H]1CCCC[C@H]1NC.O=c1c2cc(Cc3ccc(-n4cccn4)nc3)c3ccccc3c2ncn1[C@H]1CCCC[C@@H]1O.O=c1c2cc(Cc3ccc(-n4cccn4)nc3)c3ccccc3c2ncn1[C@H]1CCCC[C@@H]1O.O=c1c2cc(Cc3ccc(Cl)nc3)c3ccccc3c2ncn1[C@H]1CCCC[C@@H]1O.c1cn[nH]c1. The largest absolute Gasteiger partial charge is 0.391 e. The van der Waals surface area contributed by atoms with Crippen molar-refractivity contribution in [3.05, 3.63) is 290 Å². The Morgan fingerprint density at radius 3 is 1.12 bits per heavy atom. The van der Waals surface area contributed by atoms with Crippen molar-refractivity contribution in [1.82, 2.24) is 78.7 Å². The molecular weight excluding hydrogens is 1440 g/mol. The van der Waals surface area contributed by atoms with Gasteiger partial charge in [-0.3, -0.25) is 33.2 Å². The minimum atomic E-state index is -0.509. The first-order chi connectivity index (χ1) is 55.4. The van der Waals surface area contributed by atoms with Crippen LogP contribution in [0.5, 0.6) is 0 Å². The lowest BCUT2D eigenvalue weighted by molar-refractivity contribution is 0.0733. The molecule has 19 rings (SSSR count). The number of aliphatic hydroxyl groups is 3. The van der Waals surface area contributed by atoms with Crippen LogP contribution in [0, 0.1) is 5.92 Å². The minimum Gasteiger partial charge on any atom is -0.391 e. The summed E-state index contributed by atoms with van der Waals surface area (Å²) in [6.45, 7) is 2.31. The van der Waals surface area contributed by atoms with Crippen molar-refractivity contribution in [3.8, 4) is 11.6 Å². The van der Waals surface area contributed by atoms with Crippen LogP contribution in [0.25, 0.3) is 76.7 Å². The predicted octanol–water partition coefficient (Wildman–Crippen LogP) is 15.6. The first kappa shape index (κ1) is 77.1. The fourth-order valence-corrected chi connectivity index (χ4v) is 17.2. The molecule has 9 heterocycles. The molecule has 6 aromatic carbocycles. The van der Waals surface area contributed by atoms with Crippen LogP contribution in [0.15, 0.2) is 235 Å². The van der Waals surface area contributed by atoms with E-state index in [0.717, 1.165) is 166 Å². The third-order valence-electron chi connectivity index (χ3n) is 23.1. The molecule has 9 aromatic heterocycles. The Morgan fingerprint density at radius 1 is 0.425 bits per heavy atom. The van der Waals surface area contributed by atoms with Gasteiger partial charge in [0.25, 0.3) is 16.7 Å². The Kier molecular flexibility index (Phi) is 24.6. The van der Waals surface area contributed by atoms with Gasteiger partial charge in [-0.25, -0.2) is 39.3 Å². The molecule has 0 saturated heterocycles. The fourth-order valence-electron chi connectivity index (χ4n) is 17.1. The predicted molar refractivity (Wildman–Crippen MR) is 445 cm³/mol. The average molecular weight is 1530 g/mol. The Hall–Kier alpha value is -11.3. The second-order valence-electron chi connectivity index (χ2n) is 30.1.